The molecule has 0 unspecified atom stereocenters. The topological polar surface area (TPSA) is 29.5 Å². The molecule has 0 amide bonds. The van der Waals surface area contributed by atoms with E-state index in [0.717, 1.165) is 11.3 Å². The average Bonchev–Trinajstić information content (AvgIpc) is 2.82. The Labute approximate surface area is 111 Å². The van der Waals surface area contributed by atoms with Crippen LogP contribution >= 0.6 is 0 Å². The third kappa shape index (κ3) is 2.36. The van der Waals surface area contributed by atoms with Gasteiger partial charge in [0.05, 0.1) is 0 Å². The molecule has 0 N–H and O–H groups in total. The zero-order chi connectivity index (χ0) is 13.1. The van der Waals surface area contributed by atoms with E-state index in [1.807, 2.05) is 71.6 Å². The van der Waals surface area contributed by atoms with Crippen molar-refractivity contribution in [1.82, 2.24) is 0 Å². The number of benzene rings is 2. The second kappa shape index (κ2) is 4.98. The number of ether oxygens (including phenoxy) is 1. The summed E-state index contributed by atoms with van der Waals surface area (Å²) >= 11 is 0. The fraction of sp³-hybridized carbons (Fsp3) is 0.0625. The minimum atomic E-state index is -0.285. The molecule has 1 heterocycles. The van der Waals surface area contributed by atoms with Crippen LogP contribution in [0.3, 0.4) is 0 Å². The summed E-state index contributed by atoms with van der Waals surface area (Å²) in [4.78, 5) is 13.7. The lowest BCUT2D eigenvalue weighted by Gasteiger charge is -2.15. The fourth-order valence-electron chi connectivity index (χ4n) is 2.04. The second-order valence-corrected chi connectivity index (χ2v) is 4.26. The lowest BCUT2D eigenvalue weighted by Crippen LogP contribution is -2.17. The van der Waals surface area contributed by atoms with Gasteiger partial charge in [-0.3, -0.25) is 0 Å². The monoisotopic (exact) mass is 251 g/mol. The maximum atomic E-state index is 11.8. The van der Waals surface area contributed by atoms with Crippen molar-refractivity contribution >= 4 is 17.7 Å². The zero-order valence-electron chi connectivity index (χ0n) is 10.3. The Morgan fingerprint density at radius 3 is 2.26 bits per heavy atom. The van der Waals surface area contributed by atoms with Gasteiger partial charge in [0.15, 0.2) is 6.73 Å². The number of cyclic esters (lactones) is 1. The van der Waals surface area contributed by atoms with Crippen LogP contribution in [0.2, 0.25) is 0 Å². The summed E-state index contributed by atoms with van der Waals surface area (Å²) in [7, 11) is 0. The summed E-state index contributed by atoms with van der Waals surface area (Å²) in [6.07, 6.45) is 1.85. The van der Waals surface area contributed by atoms with Gasteiger partial charge in [-0.1, -0.05) is 48.5 Å². The van der Waals surface area contributed by atoms with E-state index in [2.05, 4.69) is 0 Å². The Morgan fingerprint density at radius 2 is 1.58 bits per heavy atom. The molecular weight excluding hydrogens is 238 g/mol. The molecule has 2 aromatic rings. The summed E-state index contributed by atoms with van der Waals surface area (Å²) < 4.78 is 5.12. The van der Waals surface area contributed by atoms with Crippen LogP contribution in [0.15, 0.2) is 66.4 Å². The van der Waals surface area contributed by atoms with Gasteiger partial charge in [0, 0.05) is 5.69 Å². The van der Waals surface area contributed by atoms with Crippen molar-refractivity contribution in [3.63, 3.8) is 0 Å². The predicted molar refractivity (Wildman–Crippen MR) is 74.3 cm³/mol. The lowest BCUT2D eigenvalue weighted by atomic mass is 10.2. The number of anilines is 1. The van der Waals surface area contributed by atoms with Gasteiger partial charge in [0.1, 0.15) is 5.70 Å². The highest BCUT2D eigenvalue weighted by Gasteiger charge is 2.28. The van der Waals surface area contributed by atoms with Gasteiger partial charge in [0.2, 0.25) is 0 Å². The molecule has 1 fully saturated rings. The van der Waals surface area contributed by atoms with Crippen molar-refractivity contribution in [2.75, 3.05) is 11.6 Å². The maximum Gasteiger partial charge on any atom is 0.356 e. The Kier molecular flexibility index (Phi) is 3.02. The minimum Gasteiger partial charge on any atom is -0.439 e. The van der Waals surface area contributed by atoms with Gasteiger partial charge in [-0.15, -0.1) is 0 Å². The SMILES string of the molecule is O=C1OCN(c2ccccc2)C1=Cc1ccccc1. The first-order chi connectivity index (χ1) is 9.34. The van der Waals surface area contributed by atoms with Crippen molar-refractivity contribution < 1.29 is 9.53 Å². The summed E-state index contributed by atoms with van der Waals surface area (Å²) in [6.45, 7) is 0.265. The summed E-state index contributed by atoms with van der Waals surface area (Å²) in [5, 5.41) is 0. The summed E-state index contributed by atoms with van der Waals surface area (Å²) in [5.41, 5.74) is 2.50. The first-order valence-corrected chi connectivity index (χ1v) is 6.11. The molecule has 0 bridgehead atoms. The standard InChI is InChI=1S/C16H13NO2/c18-16-15(11-13-7-3-1-4-8-13)17(12-19-16)14-9-5-2-6-10-14/h1-11H,12H2. The molecule has 0 saturated carbocycles. The smallest absolute Gasteiger partial charge is 0.356 e. The van der Waals surface area contributed by atoms with E-state index in [1.165, 1.54) is 0 Å². The zero-order valence-corrected chi connectivity index (χ0v) is 10.3. The fourth-order valence-corrected chi connectivity index (χ4v) is 2.04. The Bertz CT molecular complexity index is 605. The number of esters is 1. The van der Waals surface area contributed by atoms with E-state index in [1.54, 1.807) is 0 Å². The quantitative estimate of drug-likeness (QED) is 0.607. The first-order valence-electron chi connectivity index (χ1n) is 6.11. The number of carbonyl (C=O) groups excluding carboxylic acids is 1. The van der Waals surface area contributed by atoms with Crippen molar-refractivity contribution in [1.29, 1.82) is 0 Å². The molecule has 1 aliphatic heterocycles. The van der Waals surface area contributed by atoms with E-state index < -0.39 is 0 Å². The van der Waals surface area contributed by atoms with Crippen LogP contribution in [-0.2, 0) is 9.53 Å². The van der Waals surface area contributed by atoms with E-state index in [4.69, 9.17) is 4.74 Å². The molecule has 3 nitrogen and oxygen atoms in total. The van der Waals surface area contributed by atoms with Gasteiger partial charge >= 0.3 is 5.97 Å². The molecule has 19 heavy (non-hydrogen) atoms. The third-order valence-corrected chi connectivity index (χ3v) is 3.00. The second-order valence-electron chi connectivity index (χ2n) is 4.26. The van der Waals surface area contributed by atoms with E-state index in [-0.39, 0.29) is 12.7 Å². The maximum absolute atomic E-state index is 11.8. The van der Waals surface area contributed by atoms with Crippen LogP contribution in [0.1, 0.15) is 5.56 Å². The highest BCUT2D eigenvalue weighted by Crippen LogP contribution is 2.25. The molecule has 1 saturated heterocycles. The van der Waals surface area contributed by atoms with Crippen LogP contribution < -0.4 is 4.90 Å². The minimum absolute atomic E-state index is 0.265. The number of hydrogen-bond donors (Lipinski definition) is 0. The Morgan fingerprint density at radius 1 is 0.947 bits per heavy atom. The lowest BCUT2D eigenvalue weighted by molar-refractivity contribution is -0.134. The molecule has 3 rings (SSSR count). The molecule has 0 aromatic heterocycles. The van der Waals surface area contributed by atoms with E-state index in [0.29, 0.717) is 5.70 Å². The summed E-state index contributed by atoms with van der Waals surface area (Å²) in [6, 6.07) is 19.5. The van der Waals surface area contributed by atoms with Gasteiger partial charge in [0.25, 0.3) is 0 Å². The number of para-hydroxylation sites is 1. The molecule has 2 aromatic carbocycles. The molecule has 0 aliphatic carbocycles. The van der Waals surface area contributed by atoms with Crippen LogP contribution in [0.25, 0.3) is 6.08 Å². The van der Waals surface area contributed by atoms with Gasteiger partial charge in [-0.05, 0) is 23.8 Å². The van der Waals surface area contributed by atoms with Crippen molar-refractivity contribution in [3.05, 3.63) is 71.9 Å². The van der Waals surface area contributed by atoms with Crippen molar-refractivity contribution in [2.24, 2.45) is 0 Å². The number of carbonyl (C=O) groups is 1. The van der Waals surface area contributed by atoms with E-state index in [9.17, 15) is 4.79 Å². The molecule has 0 spiro atoms. The number of rotatable bonds is 2. The van der Waals surface area contributed by atoms with Crippen LogP contribution in [-0.4, -0.2) is 12.7 Å². The first kappa shape index (κ1) is 11.5. The normalized spacial score (nSPS) is 16.7. The Hall–Kier alpha value is -2.55. The average molecular weight is 251 g/mol. The molecule has 0 radical (unpaired) electrons. The molecular formula is C16H13NO2. The van der Waals surface area contributed by atoms with Crippen LogP contribution in [0.5, 0.6) is 0 Å². The Balaban J connectivity index is 1.98. The number of nitrogens with zero attached hydrogens (tertiary/aromatic N) is 1. The van der Waals surface area contributed by atoms with Gasteiger partial charge < -0.3 is 9.64 Å². The molecule has 0 atom stereocenters. The highest BCUT2D eigenvalue weighted by molar-refractivity contribution is 5.99. The molecule has 94 valence electrons. The summed E-state index contributed by atoms with van der Waals surface area (Å²) in [5.74, 6) is -0.285. The van der Waals surface area contributed by atoms with Gasteiger partial charge in [-0.25, -0.2) is 4.79 Å². The van der Waals surface area contributed by atoms with E-state index >= 15 is 0 Å². The molecule has 3 heteroatoms. The van der Waals surface area contributed by atoms with Crippen molar-refractivity contribution in [2.45, 2.75) is 0 Å². The number of hydrogen-bond acceptors (Lipinski definition) is 3. The van der Waals surface area contributed by atoms with Gasteiger partial charge in [-0.2, -0.15) is 0 Å². The van der Waals surface area contributed by atoms with Crippen LogP contribution in [0.4, 0.5) is 5.69 Å². The van der Waals surface area contributed by atoms with Crippen LogP contribution in [0, 0.1) is 0 Å². The third-order valence-electron chi connectivity index (χ3n) is 3.00. The molecule has 1 aliphatic rings. The van der Waals surface area contributed by atoms with Crippen molar-refractivity contribution in [3.8, 4) is 0 Å². The highest BCUT2D eigenvalue weighted by atomic mass is 16.6. The predicted octanol–water partition coefficient (Wildman–Crippen LogP) is 3.05. The largest absolute Gasteiger partial charge is 0.439 e.